The van der Waals surface area contributed by atoms with E-state index >= 15 is 0 Å². The predicted molar refractivity (Wildman–Crippen MR) is 82.0 cm³/mol. The number of halogens is 1. The number of hydrogen-bond donors (Lipinski definition) is 0. The SMILES string of the molecule is CC[n+]1ccc(/C=C/c2ccc(N(C)C)cc2)cc1.[Cl-]. The largest absolute Gasteiger partial charge is 1.00 e. The fourth-order valence-corrected chi connectivity index (χ4v) is 1.87. The maximum atomic E-state index is 2.16. The molecule has 0 spiro atoms. The molecule has 0 saturated heterocycles. The van der Waals surface area contributed by atoms with Crippen LogP contribution in [0.3, 0.4) is 0 Å². The number of benzene rings is 1. The lowest BCUT2D eigenvalue weighted by atomic mass is 10.1. The smallest absolute Gasteiger partial charge is 0.169 e. The molecule has 0 N–H and O–H groups in total. The second-order valence-corrected chi connectivity index (χ2v) is 4.78. The van der Waals surface area contributed by atoms with Crippen LogP contribution < -0.4 is 21.9 Å². The monoisotopic (exact) mass is 288 g/mol. The molecule has 0 fully saturated rings. The highest BCUT2D eigenvalue weighted by Gasteiger charge is 1.96. The Bertz CT molecular complexity index is 542. The van der Waals surface area contributed by atoms with Crippen molar-refractivity contribution in [3.05, 3.63) is 59.9 Å². The minimum atomic E-state index is 0. The zero-order valence-corrected chi connectivity index (χ0v) is 13.0. The van der Waals surface area contributed by atoms with Crippen molar-refractivity contribution in [1.82, 2.24) is 0 Å². The molecular formula is C17H21ClN2. The summed E-state index contributed by atoms with van der Waals surface area (Å²) >= 11 is 0. The van der Waals surface area contributed by atoms with Gasteiger partial charge in [0.15, 0.2) is 12.4 Å². The standard InChI is InChI=1S/C17H21N2.ClH/c1-4-19-13-11-16(12-14-19)6-5-15-7-9-17(10-8-15)18(2)3;/h5-14H,4H2,1-3H3;1H/q+1;/p-1. The summed E-state index contributed by atoms with van der Waals surface area (Å²) in [4.78, 5) is 2.11. The number of hydrogen-bond acceptors (Lipinski definition) is 1. The first kappa shape index (κ1) is 16.3. The summed E-state index contributed by atoms with van der Waals surface area (Å²) in [5.74, 6) is 0. The van der Waals surface area contributed by atoms with E-state index in [2.05, 4.69) is 91.4 Å². The minimum Gasteiger partial charge on any atom is -1.00 e. The quantitative estimate of drug-likeness (QED) is 0.731. The maximum Gasteiger partial charge on any atom is 0.169 e. The van der Waals surface area contributed by atoms with E-state index in [-0.39, 0.29) is 12.4 Å². The number of anilines is 1. The highest BCUT2D eigenvalue weighted by molar-refractivity contribution is 5.70. The van der Waals surface area contributed by atoms with Crippen LogP contribution in [0, 0.1) is 0 Å². The molecule has 1 aromatic heterocycles. The van der Waals surface area contributed by atoms with Crippen LogP contribution in [-0.2, 0) is 6.54 Å². The molecule has 0 bridgehead atoms. The van der Waals surface area contributed by atoms with Crippen LogP contribution in [0.4, 0.5) is 5.69 Å². The zero-order chi connectivity index (χ0) is 13.7. The van der Waals surface area contributed by atoms with Crippen molar-refractivity contribution in [2.24, 2.45) is 0 Å². The molecule has 2 rings (SSSR count). The number of aryl methyl sites for hydroxylation is 1. The molecule has 0 aliphatic heterocycles. The van der Waals surface area contributed by atoms with Gasteiger partial charge >= 0.3 is 0 Å². The number of pyridine rings is 1. The first-order chi connectivity index (χ1) is 9.19. The topological polar surface area (TPSA) is 7.12 Å². The van der Waals surface area contributed by atoms with Crippen LogP contribution in [-0.4, -0.2) is 14.1 Å². The van der Waals surface area contributed by atoms with E-state index in [0.29, 0.717) is 0 Å². The first-order valence-electron chi connectivity index (χ1n) is 6.63. The molecule has 2 aromatic rings. The zero-order valence-electron chi connectivity index (χ0n) is 12.3. The average molecular weight is 289 g/mol. The van der Waals surface area contributed by atoms with E-state index in [1.807, 2.05) is 0 Å². The van der Waals surface area contributed by atoms with Gasteiger partial charge in [0.05, 0.1) is 0 Å². The van der Waals surface area contributed by atoms with Gasteiger partial charge in [-0.2, -0.15) is 0 Å². The van der Waals surface area contributed by atoms with Crippen molar-refractivity contribution in [3.8, 4) is 0 Å². The third kappa shape index (κ3) is 4.39. The number of aromatic nitrogens is 1. The van der Waals surface area contributed by atoms with Crippen molar-refractivity contribution in [3.63, 3.8) is 0 Å². The third-order valence-corrected chi connectivity index (χ3v) is 3.16. The lowest BCUT2D eigenvalue weighted by Crippen LogP contribution is -3.00. The van der Waals surface area contributed by atoms with Crippen molar-refractivity contribution < 1.29 is 17.0 Å². The summed E-state index contributed by atoms with van der Waals surface area (Å²) in [6.45, 7) is 3.15. The Morgan fingerprint density at radius 1 is 0.900 bits per heavy atom. The van der Waals surface area contributed by atoms with Crippen molar-refractivity contribution in [2.75, 3.05) is 19.0 Å². The summed E-state index contributed by atoms with van der Waals surface area (Å²) in [6.07, 6.45) is 8.50. The molecule has 20 heavy (non-hydrogen) atoms. The molecular weight excluding hydrogens is 268 g/mol. The van der Waals surface area contributed by atoms with E-state index in [4.69, 9.17) is 0 Å². The molecule has 2 nitrogen and oxygen atoms in total. The Balaban J connectivity index is 0.00000200. The van der Waals surface area contributed by atoms with Gasteiger partial charge < -0.3 is 17.3 Å². The van der Waals surface area contributed by atoms with Crippen molar-refractivity contribution in [1.29, 1.82) is 0 Å². The Morgan fingerprint density at radius 2 is 1.40 bits per heavy atom. The fraction of sp³-hybridized carbons (Fsp3) is 0.235. The van der Waals surface area contributed by atoms with Gasteiger partial charge in [-0.3, -0.25) is 0 Å². The number of nitrogens with zero attached hydrogens (tertiary/aromatic N) is 2. The van der Waals surface area contributed by atoms with Gasteiger partial charge in [0.1, 0.15) is 6.54 Å². The fourth-order valence-electron chi connectivity index (χ4n) is 1.87. The van der Waals surface area contributed by atoms with Crippen LogP contribution in [0.5, 0.6) is 0 Å². The van der Waals surface area contributed by atoms with E-state index in [1.165, 1.54) is 16.8 Å². The molecule has 1 aromatic carbocycles. The van der Waals surface area contributed by atoms with E-state index < -0.39 is 0 Å². The highest BCUT2D eigenvalue weighted by Crippen LogP contribution is 2.14. The highest BCUT2D eigenvalue weighted by atomic mass is 35.5. The summed E-state index contributed by atoms with van der Waals surface area (Å²) in [5.41, 5.74) is 3.67. The lowest BCUT2D eigenvalue weighted by molar-refractivity contribution is -0.693. The van der Waals surface area contributed by atoms with Gasteiger partial charge in [0.2, 0.25) is 0 Å². The Kier molecular flexibility index (Phi) is 6.26. The van der Waals surface area contributed by atoms with Gasteiger partial charge in [-0.05, 0) is 30.2 Å². The summed E-state index contributed by atoms with van der Waals surface area (Å²) < 4.78 is 2.16. The average Bonchev–Trinajstić information content (AvgIpc) is 2.46. The molecule has 0 aliphatic rings. The van der Waals surface area contributed by atoms with Gasteiger partial charge in [0.25, 0.3) is 0 Å². The maximum absolute atomic E-state index is 2.16. The van der Waals surface area contributed by atoms with Gasteiger partial charge in [-0.15, -0.1) is 0 Å². The van der Waals surface area contributed by atoms with Gasteiger partial charge in [-0.25, -0.2) is 4.57 Å². The molecule has 0 aliphatic carbocycles. The van der Waals surface area contributed by atoms with E-state index in [0.717, 1.165) is 6.54 Å². The first-order valence-corrected chi connectivity index (χ1v) is 6.63. The van der Waals surface area contributed by atoms with Crippen LogP contribution >= 0.6 is 0 Å². The summed E-state index contributed by atoms with van der Waals surface area (Å²) in [7, 11) is 4.11. The van der Waals surface area contributed by atoms with Crippen LogP contribution in [0.2, 0.25) is 0 Å². The van der Waals surface area contributed by atoms with Gasteiger partial charge in [0, 0.05) is 31.9 Å². The van der Waals surface area contributed by atoms with Crippen molar-refractivity contribution >= 4 is 17.8 Å². The molecule has 0 saturated carbocycles. The Labute approximate surface area is 127 Å². The minimum absolute atomic E-state index is 0. The summed E-state index contributed by atoms with van der Waals surface area (Å²) in [5, 5.41) is 0. The predicted octanol–water partition coefficient (Wildman–Crippen LogP) is 0.234. The Morgan fingerprint density at radius 3 is 1.85 bits per heavy atom. The molecule has 3 heteroatoms. The van der Waals surface area contributed by atoms with E-state index in [1.54, 1.807) is 0 Å². The molecule has 106 valence electrons. The molecule has 0 atom stereocenters. The van der Waals surface area contributed by atoms with Crippen LogP contribution in [0.15, 0.2) is 48.8 Å². The second kappa shape index (κ2) is 7.71. The summed E-state index contributed by atoms with van der Waals surface area (Å²) in [6, 6.07) is 12.8. The molecule has 1 heterocycles. The Hall–Kier alpha value is -1.80. The lowest BCUT2D eigenvalue weighted by Gasteiger charge is -2.11. The van der Waals surface area contributed by atoms with Crippen LogP contribution in [0.1, 0.15) is 18.1 Å². The van der Waals surface area contributed by atoms with Gasteiger partial charge in [-0.1, -0.05) is 24.3 Å². The molecule has 0 unspecified atom stereocenters. The molecule has 0 radical (unpaired) electrons. The van der Waals surface area contributed by atoms with E-state index in [9.17, 15) is 0 Å². The van der Waals surface area contributed by atoms with Crippen molar-refractivity contribution in [2.45, 2.75) is 13.5 Å². The number of rotatable bonds is 4. The molecule has 0 amide bonds. The third-order valence-electron chi connectivity index (χ3n) is 3.16. The normalized spacial score (nSPS) is 10.3. The van der Waals surface area contributed by atoms with Crippen LogP contribution in [0.25, 0.3) is 12.2 Å². The second-order valence-electron chi connectivity index (χ2n) is 4.78.